The zero-order valence-corrected chi connectivity index (χ0v) is 19.3. The molecule has 178 valence electrons. The normalized spacial score (nSPS) is 15.8. The van der Waals surface area contributed by atoms with Crippen LogP contribution in [0.3, 0.4) is 0 Å². The molecule has 33 heavy (non-hydrogen) atoms. The van der Waals surface area contributed by atoms with E-state index in [1.807, 2.05) is 24.3 Å². The Morgan fingerprint density at radius 3 is 2.67 bits per heavy atom. The molecule has 0 aliphatic carbocycles. The zero-order chi connectivity index (χ0) is 23.6. The van der Waals surface area contributed by atoms with Crippen molar-refractivity contribution in [2.75, 3.05) is 26.3 Å². The molecule has 1 amide bonds. The van der Waals surface area contributed by atoms with Crippen LogP contribution in [0.2, 0.25) is 0 Å². The van der Waals surface area contributed by atoms with Crippen LogP contribution in [0.15, 0.2) is 29.1 Å². The van der Waals surface area contributed by atoms with Crippen molar-refractivity contribution >= 4 is 11.9 Å². The number of aromatic amines is 1. The van der Waals surface area contributed by atoms with E-state index >= 15 is 0 Å². The number of piperidine rings is 1. The van der Waals surface area contributed by atoms with Gasteiger partial charge in [0.25, 0.3) is 5.56 Å². The number of unbranched alkanes of at least 4 members (excludes halogenated alkanes) is 1. The first kappa shape index (κ1) is 24.4. The molecule has 1 N–H and O–H groups in total. The number of ether oxygens (including phenoxy) is 2. The standard InChI is InChI=1S/C24H32N4O5/c1-3-5-15-33-19-10-8-17(9-11-19)22-25-23(30)20(26-27-22)12-13-21(29)28-14-6-7-18(16-28)24(31)32-4-2/h8-11,18H,3-7,12-16H2,1-2H3,(H,25,27,30). The van der Waals surface area contributed by atoms with Gasteiger partial charge < -0.3 is 19.4 Å². The van der Waals surface area contributed by atoms with E-state index in [-0.39, 0.29) is 41.9 Å². The predicted molar refractivity (Wildman–Crippen MR) is 123 cm³/mol. The van der Waals surface area contributed by atoms with Crippen LogP contribution < -0.4 is 10.3 Å². The highest BCUT2D eigenvalue weighted by Crippen LogP contribution is 2.20. The Morgan fingerprint density at radius 2 is 1.97 bits per heavy atom. The Kier molecular flexibility index (Phi) is 8.97. The van der Waals surface area contributed by atoms with Crippen LogP contribution in [0.25, 0.3) is 11.4 Å². The molecule has 1 saturated heterocycles. The highest BCUT2D eigenvalue weighted by atomic mass is 16.5. The van der Waals surface area contributed by atoms with Crippen molar-refractivity contribution in [2.45, 2.75) is 52.4 Å². The highest BCUT2D eigenvalue weighted by molar-refractivity contribution is 5.78. The van der Waals surface area contributed by atoms with Gasteiger partial charge in [0.2, 0.25) is 5.91 Å². The minimum atomic E-state index is -0.362. The third kappa shape index (κ3) is 6.87. The molecule has 1 aromatic carbocycles. The average molecular weight is 457 g/mol. The number of aromatic nitrogens is 3. The summed E-state index contributed by atoms with van der Waals surface area (Å²) in [6, 6.07) is 7.31. The lowest BCUT2D eigenvalue weighted by Crippen LogP contribution is -2.43. The van der Waals surface area contributed by atoms with Gasteiger partial charge >= 0.3 is 5.97 Å². The van der Waals surface area contributed by atoms with E-state index in [1.165, 1.54) is 0 Å². The number of nitrogens with one attached hydrogen (secondary N) is 1. The molecule has 1 fully saturated rings. The van der Waals surface area contributed by atoms with E-state index in [1.54, 1.807) is 11.8 Å². The number of hydrogen-bond donors (Lipinski definition) is 1. The lowest BCUT2D eigenvalue weighted by molar-refractivity contribution is -0.151. The molecular formula is C24H32N4O5. The minimum Gasteiger partial charge on any atom is -0.494 e. The molecule has 0 saturated carbocycles. The summed E-state index contributed by atoms with van der Waals surface area (Å²) in [6.07, 6.45) is 3.86. The fourth-order valence-electron chi connectivity index (χ4n) is 3.74. The third-order valence-electron chi connectivity index (χ3n) is 5.63. The van der Waals surface area contributed by atoms with Crippen molar-refractivity contribution in [1.82, 2.24) is 20.1 Å². The maximum Gasteiger partial charge on any atom is 0.310 e. The van der Waals surface area contributed by atoms with Crippen LogP contribution in [0.1, 0.15) is 51.6 Å². The molecule has 1 atom stereocenters. The molecule has 1 unspecified atom stereocenters. The van der Waals surface area contributed by atoms with Crippen molar-refractivity contribution in [3.63, 3.8) is 0 Å². The van der Waals surface area contributed by atoms with Crippen molar-refractivity contribution in [3.8, 4) is 17.1 Å². The van der Waals surface area contributed by atoms with E-state index in [9.17, 15) is 14.4 Å². The van der Waals surface area contributed by atoms with E-state index in [0.717, 1.165) is 37.0 Å². The molecule has 2 aromatic rings. The number of benzene rings is 1. The number of H-pyrrole nitrogens is 1. The largest absolute Gasteiger partial charge is 0.494 e. The molecule has 1 aliphatic heterocycles. The molecular weight excluding hydrogens is 424 g/mol. The maximum absolute atomic E-state index is 12.6. The van der Waals surface area contributed by atoms with Gasteiger partial charge in [-0.3, -0.25) is 14.4 Å². The number of nitrogens with zero attached hydrogens (tertiary/aromatic N) is 3. The monoisotopic (exact) mass is 456 g/mol. The minimum absolute atomic E-state index is 0.104. The predicted octanol–water partition coefficient (Wildman–Crippen LogP) is 2.75. The highest BCUT2D eigenvalue weighted by Gasteiger charge is 2.29. The Balaban J connectivity index is 1.55. The quantitative estimate of drug-likeness (QED) is 0.432. The van der Waals surface area contributed by atoms with Crippen LogP contribution >= 0.6 is 0 Å². The van der Waals surface area contributed by atoms with Gasteiger partial charge in [0, 0.05) is 31.5 Å². The second-order valence-electron chi connectivity index (χ2n) is 8.11. The van der Waals surface area contributed by atoms with Crippen molar-refractivity contribution in [3.05, 3.63) is 40.3 Å². The second kappa shape index (κ2) is 12.1. The van der Waals surface area contributed by atoms with Gasteiger partial charge in [0.1, 0.15) is 11.4 Å². The van der Waals surface area contributed by atoms with Gasteiger partial charge in [-0.05, 0) is 50.5 Å². The Labute approximate surface area is 193 Å². The molecule has 0 radical (unpaired) electrons. The van der Waals surface area contributed by atoms with Gasteiger partial charge in [-0.2, -0.15) is 0 Å². The second-order valence-corrected chi connectivity index (χ2v) is 8.11. The summed E-state index contributed by atoms with van der Waals surface area (Å²) in [4.78, 5) is 41.5. The SMILES string of the molecule is CCCCOc1ccc(-c2nnc(CCC(=O)N3CCCC(C(=O)OCC)C3)c(=O)[nH]2)cc1. The fraction of sp³-hybridized carbons (Fsp3) is 0.542. The number of rotatable bonds is 10. The molecule has 9 heteroatoms. The van der Waals surface area contributed by atoms with E-state index < -0.39 is 0 Å². The summed E-state index contributed by atoms with van der Waals surface area (Å²) >= 11 is 0. The molecule has 0 bridgehead atoms. The molecule has 0 spiro atoms. The number of aryl methyl sites for hydroxylation is 1. The summed E-state index contributed by atoms with van der Waals surface area (Å²) in [5, 5.41) is 8.18. The summed E-state index contributed by atoms with van der Waals surface area (Å²) in [7, 11) is 0. The first-order valence-corrected chi connectivity index (χ1v) is 11.6. The van der Waals surface area contributed by atoms with Crippen LogP contribution in [0.4, 0.5) is 0 Å². The summed E-state index contributed by atoms with van der Waals surface area (Å²) in [5.41, 5.74) is 0.577. The lowest BCUT2D eigenvalue weighted by Gasteiger charge is -2.31. The third-order valence-corrected chi connectivity index (χ3v) is 5.63. The number of carbonyl (C=O) groups is 2. The Hall–Kier alpha value is -3.23. The van der Waals surface area contributed by atoms with Crippen molar-refractivity contribution in [2.24, 2.45) is 5.92 Å². The van der Waals surface area contributed by atoms with E-state index in [4.69, 9.17) is 9.47 Å². The molecule has 9 nitrogen and oxygen atoms in total. The topological polar surface area (TPSA) is 114 Å². The van der Waals surface area contributed by atoms with Crippen LogP contribution in [0, 0.1) is 5.92 Å². The summed E-state index contributed by atoms with van der Waals surface area (Å²) < 4.78 is 10.7. The Bertz CT molecular complexity index is 989. The molecule has 1 aromatic heterocycles. The van der Waals surface area contributed by atoms with Crippen LogP contribution in [-0.2, 0) is 20.7 Å². The van der Waals surface area contributed by atoms with Gasteiger partial charge in [-0.15, -0.1) is 10.2 Å². The number of hydrogen-bond acceptors (Lipinski definition) is 7. The zero-order valence-electron chi connectivity index (χ0n) is 19.3. The van der Waals surface area contributed by atoms with Crippen molar-refractivity contribution < 1.29 is 19.1 Å². The molecule has 2 heterocycles. The Morgan fingerprint density at radius 1 is 1.18 bits per heavy atom. The van der Waals surface area contributed by atoms with Crippen LogP contribution in [0.5, 0.6) is 5.75 Å². The van der Waals surface area contributed by atoms with Gasteiger partial charge in [0.05, 0.1) is 19.1 Å². The number of amides is 1. The maximum atomic E-state index is 12.6. The molecule has 3 rings (SSSR count). The first-order chi connectivity index (χ1) is 16.0. The smallest absolute Gasteiger partial charge is 0.310 e. The summed E-state index contributed by atoms with van der Waals surface area (Å²) in [6.45, 7) is 5.84. The van der Waals surface area contributed by atoms with Gasteiger partial charge in [-0.25, -0.2) is 0 Å². The van der Waals surface area contributed by atoms with Crippen molar-refractivity contribution in [1.29, 1.82) is 0 Å². The fourth-order valence-corrected chi connectivity index (χ4v) is 3.74. The number of esters is 1. The van der Waals surface area contributed by atoms with Crippen LogP contribution in [-0.4, -0.2) is 58.3 Å². The summed E-state index contributed by atoms with van der Waals surface area (Å²) in [5.74, 6) is 0.485. The van der Waals surface area contributed by atoms with E-state index in [0.29, 0.717) is 32.1 Å². The van der Waals surface area contributed by atoms with Gasteiger partial charge in [-0.1, -0.05) is 13.3 Å². The van der Waals surface area contributed by atoms with Gasteiger partial charge in [0.15, 0.2) is 5.82 Å². The molecule has 1 aliphatic rings. The average Bonchev–Trinajstić information content (AvgIpc) is 2.84. The lowest BCUT2D eigenvalue weighted by atomic mass is 9.98. The van der Waals surface area contributed by atoms with E-state index in [2.05, 4.69) is 22.1 Å². The number of carbonyl (C=O) groups excluding carboxylic acids is 2. The number of likely N-dealkylation sites (tertiary alicyclic amines) is 1. The first-order valence-electron chi connectivity index (χ1n) is 11.6.